The van der Waals surface area contributed by atoms with Crippen LogP contribution in [-0.2, 0) is 26.2 Å². The smallest absolute Gasteiger partial charge is 0.263 e. The number of hydrogen-bond acceptors (Lipinski definition) is 6. The quantitative estimate of drug-likeness (QED) is 0.619. The molecule has 31 heavy (non-hydrogen) atoms. The molecule has 0 saturated carbocycles. The van der Waals surface area contributed by atoms with Crippen molar-refractivity contribution in [1.82, 2.24) is 15.4 Å². The lowest BCUT2D eigenvalue weighted by Gasteiger charge is -2.28. The van der Waals surface area contributed by atoms with Gasteiger partial charge in [-0.05, 0) is 36.8 Å². The van der Waals surface area contributed by atoms with Crippen LogP contribution in [0.5, 0.6) is 0 Å². The number of amides is 2. The molecule has 0 aliphatic carbocycles. The summed E-state index contributed by atoms with van der Waals surface area (Å²) >= 11 is 0. The minimum Gasteiger partial charge on any atom is -0.360 e. The van der Waals surface area contributed by atoms with E-state index in [1.165, 1.54) is 6.07 Å². The predicted octanol–water partition coefficient (Wildman–Crippen LogP) is 0.366. The van der Waals surface area contributed by atoms with E-state index in [1.807, 2.05) is 29.2 Å². The number of fused-ring (bicyclic) bond motifs is 1. The van der Waals surface area contributed by atoms with Gasteiger partial charge in [-0.3, -0.25) is 19.3 Å². The van der Waals surface area contributed by atoms with Crippen molar-refractivity contribution in [2.24, 2.45) is 4.99 Å². The highest BCUT2D eigenvalue weighted by Crippen LogP contribution is 2.22. The van der Waals surface area contributed by atoms with Crippen LogP contribution in [0.15, 0.2) is 58.4 Å². The molecule has 2 aromatic rings. The predicted molar refractivity (Wildman–Crippen MR) is 116 cm³/mol. The number of carbonyl (C=O) groups excluding carboxylic acids is 2. The third-order valence-corrected chi connectivity index (χ3v) is 6.57. The molecule has 4 rings (SSSR count). The van der Waals surface area contributed by atoms with Gasteiger partial charge in [0.1, 0.15) is 11.9 Å². The maximum Gasteiger partial charge on any atom is 0.263 e. The van der Waals surface area contributed by atoms with Gasteiger partial charge in [0, 0.05) is 30.9 Å². The average molecular weight is 442 g/mol. The zero-order chi connectivity index (χ0) is 22.0. The van der Waals surface area contributed by atoms with E-state index in [4.69, 9.17) is 0 Å². The first-order valence-corrected chi connectivity index (χ1v) is 11.4. The molecule has 2 amide bonds. The zero-order valence-corrected chi connectivity index (χ0v) is 17.8. The van der Waals surface area contributed by atoms with Crippen molar-refractivity contribution in [2.75, 3.05) is 24.5 Å². The first kappa shape index (κ1) is 20.9. The Morgan fingerprint density at radius 2 is 1.94 bits per heavy atom. The fourth-order valence-electron chi connectivity index (χ4n) is 3.50. The third-order valence-electron chi connectivity index (χ3n) is 5.17. The number of carbonyl (C=O) groups is 2. The van der Waals surface area contributed by atoms with Crippen molar-refractivity contribution in [1.29, 1.82) is 0 Å². The molecule has 0 aromatic heterocycles. The maximum absolute atomic E-state index is 12.5. The van der Waals surface area contributed by atoms with Crippen molar-refractivity contribution in [3.8, 4) is 0 Å². The highest BCUT2D eigenvalue weighted by atomic mass is 32.2. The van der Waals surface area contributed by atoms with Gasteiger partial charge in [0.05, 0.1) is 11.4 Å². The summed E-state index contributed by atoms with van der Waals surface area (Å²) in [5, 5.41) is 5.62. The highest BCUT2D eigenvalue weighted by Gasteiger charge is 2.31. The van der Waals surface area contributed by atoms with Crippen molar-refractivity contribution < 1.29 is 18.0 Å². The molecular formula is C21H23N5O4S. The molecule has 2 aliphatic heterocycles. The summed E-state index contributed by atoms with van der Waals surface area (Å²) in [7, 11) is -3.64. The second kappa shape index (κ2) is 8.38. The number of aliphatic imine (C=N–C) groups is 1. The Labute approximate surface area is 180 Å². The molecule has 0 radical (unpaired) electrons. The number of benzene rings is 2. The Morgan fingerprint density at radius 3 is 2.68 bits per heavy atom. The first-order valence-electron chi connectivity index (χ1n) is 9.92. The molecule has 0 bridgehead atoms. The molecule has 0 unspecified atom stereocenters. The summed E-state index contributed by atoms with van der Waals surface area (Å²) in [5.41, 5.74) is 2.33. The fourth-order valence-corrected chi connectivity index (χ4v) is 4.74. The topological polar surface area (TPSA) is 120 Å². The Kier molecular flexibility index (Phi) is 5.64. The molecule has 2 heterocycles. The van der Waals surface area contributed by atoms with E-state index in [-0.39, 0.29) is 22.5 Å². The third kappa shape index (κ3) is 4.53. The maximum atomic E-state index is 12.5. The standard InChI is InChI=1S/C21H23N5O4S/c1-14(24-20-17-4-2-3-5-18(17)31(29,30)25-20)21(28)23-12-15-6-8-16(9-7-15)26-11-10-22-19(27)13-26/h2-9,14H,10-13H2,1H3,(H,22,27)(H,23,28)(H,24,25)/t14-/m0/s1. The molecule has 10 heteroatoms. The summed E-state index contributed by atoms with van der Waals surface area (Å²) in [6, 6.07) is 13.4. The van der Waals surface area contributed by atoms with Crippen LogP contribution in [0, 0.1) is 0 Å². The van der Waals surface area contributed by atoms with E-state index >= 15 is 0 Å². The molecule has 1 atom stereocenters. The van der Waals surface area contributed by atoms with Crippen LogP contribution in [0.3, 0.4) is 0 Å². The Morgan fingerprint density at radius 1 is 1.19 bits per heavy atom. The van der Waals surface area contributed by atoms with Crippen molar-refractivity contribution >= 4 is 33.4 Å². The number of nitrogens with zero attached hydrogens (tertiary/aromatic N) is 2. The second-order valence-corrected chi connectivity index (χ2v) is 9.06. The van der Waals surface area contributed by atoms with Gasteiger partial charge in [-0.2, -0.15) is 0 Å². The molecule has 162 valence electrons. The summed E-state index contributed by atoms with van der Waals surface area (Å²) < 4.78 is 26.7. The van der Waals surface area contributed by atoms with Gasteiger partial charge in [0.15, 0.2) is 0 Å². The number of amidine groups is 1. The van der Waals surface area contributed by atoms with Gasteiger partial charge < -0.3 is 15.5 Å². The number of anilines is 1. The largest absolute Gasteiger partial charge is 0.360 e. The number of nitrogens with one attached hydrogen (secondary N) is 3. The van der Waals surface area contributed by atoms with Crippen LogP contribution >= 0.6 is 0 Å². The molecule has 0 spiro atoms. The highest BCUT2D eigenvalue weighted by molar-refractivity contribution is 7.90. The van der Waals surface area contributed by atoms with Crippen LogP contribution < -0.4 is 20.3 Å². The van der Waals surface area contributed by atoms with Crippen molar-refractivity contribution in [3.05, 3.63) is 59.7 Å². The lowest BCUT2D eigenvalue weighted by Crippen LogP contribution is -2.47. The van der Waals surface area contributed by atoms with Crippen LogP contribution in [0.1, 0.15) is 18.1 Å². The van der Waals surface area contributed by atoms with E-state index in [2.05, 4.69) is 20.3 Å². The monoisotopic (exact) mass is 441 g/mol. The summed E-state index contributed by atoms with van der Waals surface area (Å²) in [4.78, 5) is 30.5. The van der Waals surface area contributed by atoms with E-state index in [9.17, 15) is 18.0 Å². The molecule has 9 nitrogen and oxygen atoms in total. The average Bonchev–Trinajstić information content (AvgIpc) is 3.02. The van der Waals surface area contributed by atoms with Crippen molar-refractivity contribution in [2.45, 2.75) is 24.4 Å². The Bertz CT molecular complexity index is 1140. The lowest BCUT2D eigenvalue weighted by atomic mass is 10.1. The van der Waals surface area contributed by atoms with Crippen molar-refractivity contribution in [3.63, 3.8) is 0 Å². The normalized spacial score (nSPS) is 19.3. The number of sulfonamides is 1. The summed E-state index contributed by atoms with van der Waals surface area (Å²) in [6.45, 7) is 3.64. The molecule has 2 aliphatic rings. The van der Waals surface area contributed by atoms with Gasteiger partial charge in [0.25, 0.3) is 10.0 Å². The number of piperazine rings is 1. The molecule has 3 N–H and O–H groups in total. The molecule has 2 aromatic carbocycles. The number of rotatable bonds is 5. The fraction of sp³-hybridized carbons (Fsp3) is 0.286. The van der Waals surface area contributed by atoms with Gasteiger partial charge in [-0.1, -0.05) is 24.3 Å². The van der Waals surface area contributed by atoms with E-state index < -0.39 is 16.1 Å². The van der Waals surface area contributed by atoms with Gasteiger partial charge in [-0.15, -0.1) is 0 Å². The van der Waals surface area contributed by atoms with E-state index in [0.29, 0.717) is 25.2 Å². The van der Waals surface area contributed by atoms with Gasteiger partial charge >= 0.3 is 0 Å². The van der Waals surface area contributed by atoms with Crippen LogP contribution in [0.25, 0.3) is 0 Å². The lowest BCUT2D eigenvalue weighted by molar-refractivity contribution is -0.122. The Balaban J connectivity index is 1.37. The van der Waals surface area contributed by atoms with Gasteiger partial charge in [-0.25, -0.2) is 8.42 Å². The SMILES string of the molecule is C[C@H](N=C1NS(=O)(=O)c2ccccc21)C(=O)NCc1ccc(N2CCNC(=O)C2)cc1. The van der Waals surface area contributed by atoms with E-state index in [0.717, 1.165) is 17.8 Å². The Hall–Kier alpha value is -3.40. The summed E-state index contributed by atoms with van der Waals surface area (Å²) in [5.74, 6) is -0.133. The van der Waals surface area contributed by atoms with Crippen LogP contribution in [0.2, 0.25) is 0 Å². The van der Waals surface area contributed by atoms with Gasteiger partial charge in [0.2, 0.25) is 11.8 Å². The number of hydrogen-bond donors (Lipinski definition) is 3. The zero-order valence-electron chi connectivity index (χ0n) is 17.0. The molecular weight excluding hydrogens is 418 g/mol. The minimum absolute atomic E-state index is 0.00498. The van der Waals surface area contributed by atoms with Crippen LogP contribution in [-0.4, -0.2) is 51.7 Å². The summed E-state index contributed by atoms with van der Waals surface area (Å²) in [6.07, 6.45) is 0. The minimum atomic E-state index is -3.64. The van der Waals surface area contributed by atoms with E-state index in [1.54, 1.807) is 25.1 Å². The molecule has 1 fully saturated rings. The van der Waals surface area contributed by atoms with Crippen LogP contribution in [0.4, 0.5) is 5.69 Å². The first-order chi connectivity index (χ1) is 14.8. The second-order valence-electron chi connectivity index (χ2n) is 7.41. The molecule has 1 saturated heterocycles.